The van der Waals surface area contributed by atoms with Crippen LogP contribution in [-0.2, 0) is 9.59 Å². The van der Waals surface area contributed by atoms with Gasteiger partial charge in [-0.05, 0) is 19.1 Å². The molecule has 0 aliphatic rings. The first kappa shape index (κ1) is 15.0. The van der Waals surface area contributed by atoms with Crippen LogP contribution in [0, 0.1) is 11.6 Å². The number of carbonyl (C=O) groups is 2. The number of nitrogens with one attached hydrogen (secondary N) is 1. The summed E-state index contributed by atoms with van der Waals surface area (Å²) in [5, 5.41) is 10.5. The number of hydrogen-bond acceptors (Lipinski definition) is 2. The number of hydrogen-bond donors (Lipinski definition) is 2. The fraction of sp³-hybridized carbons (Fsp3) is 0.333. The number of rotatable bonds is 5. The van der Waals surface area contributed by atoms with Crippen molar-refractivity contribution < 1.29 is 27.9 Å². The standard InChI is InChI=1S/C12H12F3NO3/c1-6(10-7(14)3-2-4-8(10)15)11(17)16-9(5-13)12(18)19/h2-4,6,9H,5H2,1H3,(H,16,17)(H,18,19). The van der Waals surface area contributed by atoms with Crippen LogP contribution in [-0.4, -0.2) is 29.7 Å². The van der Waals surface area contributed by atoms with Gasteiger partial charge in [-0.1, -0.05) is 6.07 Å². The summed E-state index contributed by atoms with van der Waals surface area (Å²) in [6.07, 6.45) is 0. The molecule has 0 radical (unpaired) electrons. The zero-order valence-corrected chi connectivity index (χ0v) is 9.99. The third-order valence-corrected chi connectivity index (χ3v) is 2.59. The summed E-state index contributed by atoms with van der Waals surface area (Å²) in [6.45, 7) is -0.110. The second kappa shape index (κ2) is 6.21. The van der Waals surface area contributed by atoms with Gasteiger partial charge in [0.25, 0.3) is 0 Å². The Morgan fingerprint density at radius 2 is 1.84 bits per heavy atom. The molecule has 19 heavy (non-hydrogen) atoms. The van der Waals surface area contributed by atoms with Crippen LogP contribution in [0.15, 0.2) is 18.2 Å². The smallest absolute Gasteiger partial charge is 0.328 e. The highest BCUT2D eigenvalue weighted by atomic mass is 19.1. The quantitative estimate of drug-likeness (QED) is 0.858. The van der Waals surface area contributed by atoms with Crippen LogP contribution >= 0.6 is 0 Å². The fourth-order valence-corrected chi connectivity index (χ4v) is 1.52. The molecule has 7 heteroatoms. The average Bonchev–Trinajstić information content (AvgIpc) is 2.34. The zero-order chi connectivity index (χ0) is 14.6. The molecule has 4 nitrogen and oxygen atoms in total. The largest absolute Gasteiger partial charge is 0.480 e. The second-order valence-corrected chi connectivity index (χ2v) is 3.91. The molecule has 0 heterocycles. The molecule has 0 aliphatic heterocycles. The normalized spacial score (nSPS) is 13.7. The van der Waals surface area contributed by atoms with E-state index < -0.39 is 47.7 Å². The summed E-state index contributed by atoms with van der Waals surface area (Å²) in [5.74, 6) is -5.63. The number of amides is 1. The second-order valence-electron chi connectivity index (χ2n) is 3.91. The maximum atomic E-state index is 13.4. The number of aliphatic carboxylic acids is 1. The third kappa shape index (κ3) is 3.46. The number of carbonyl (C=O) groups excluding carboxylic acids is 1. The van der Waals surface area contributed by atoms with Crippen LogP contribution in [0.3, 0.4) is 0 Å². The van der Waals surface area contributed by atoms with Gasteiger partial charge < -0.3 is 10.4 Å². The highest BCUT2D eigenvalue weighted by Crippen LogP contribution is 2.22. The summed E-state index contributed by atoms with van der Waals surface area (Å²) in [6, 6.07) is 1.36. The Balaban J connectivity index is 2.91. The van der Waals surface area contributed by atoms with Crippen molar-refractivity contribution in [1.82, 2.24) is 5.32 Å². The van der Waals surface area contributed by atoms with Gasteiger partial charge in [0.1, 0.15) is 18.3 Å². The molecule has 1 amide bonds. The third-order valence-electron chi connectivity index (χ3n) is 2.59. The van der Waals surface area contributed by atoms with Crippen LogP contribution < -0.4 is 5.32 Å². The first-order valence-electron chi connectivity index (χ1n) is 5.41. The SMILES string of the molecule is CC(C(=O)NC(CF)C(=O)O)c1c(F)cccc1F. The summed E-state index contributed by atoms with van der Waals surface area (Å²) < 4.78 is 39.2. The molecule has 1 aromatic rings. The fourth-order valence-electron chi connectivity index (χ4n) is 1.52. The van der Waals surface area contributed by atoms with Crippen molar-refractivity contribution >= 4 is 11.9 Å². The first-order valence-corrected chi connectivity index (χ1v) is 5.41. The molecule has 104 valence electrons. The number of halogens is 3. The van der Waals surface area contributed by atoms with E-state index in [-0.39, 0.29) is 0 Å². The van der Waals surface area contributed by atoms with Gasteiger partial charge in [-0.25, -0.2) is 18.0 Å². The van der Waals surface area contributed by atoms with E-state index >= 15 is 0 Å². The molecule has 0 saturated heterocycles. The van der Waals surface area contributed by atoms with E-state index in [0.717, 1.165) is 18.2 Å². The van der Waals surface area contributed by atoms with Crippen LogP contribution in [0.1, 0.15) is 18.4 Å². The van der Waals surface area contributed by atoms with Crippen LogP contribution in [0.4, 0.5) is 13.2 Å². The van der Waals surface area contributed by atoms with Gasteiger partial charge in [-0.15, -0.1) is 0 Å². The Kier molecular flexibility index (Phi) is 4.91. The maximum absolute atomic E-state index is 13.4. The van der Waals surface area contributed by atoms with Gasteiger partial charge in [0.15, 0.2) is 6.04 Å². The van der Waals surface area contributed by atoms with Crippen LogP contribution in [0.25, 0.3) is 0 Å². The van der Waals surface area contributed by atoms with E-state index in [0.29, 0.717) is 0 Å². The Morgan fingerprint density at radius 1 is 1.32 bits per heavy atom. The van der Waals surface area contributed by atoms with E-state index in [4.69, 9.17) is 5.11 Å². The molecule has 0 fully saturated rings. The minimum Gasteiger partial charge on any atom is -0.480 e. The molecule has 0 bridgehead atoms. The van der Waals surface area contributed by atoms with Gasteiger partial charge in [0.05, 0.1) is 5.92 Å². The van der Waals surface area contributed by atoms with E-state index in [1.807, 2.05) is 5.32 Å². The molecular weight excluding hydrogens is 263 g/mol. The van der Waals surface area contributed by atoms with Crippen molar-refractivity contribution in [3.63, 3.8) is 0 Å². The summed E-state index contributed by atoms with van der Waals surface area (Å²) in [4.78, 5) is 22.2. The van der Waals surface area contributed by atoms with Crippen LogP contribution in [0.5, 0.6) is 0 Å². The average molecular weight is 275 g/mol. The highest BCUT2D eigenvalue weighted by Gasteiger charge is 2.27. The molecule has 1 aromatic carbocycles. The van der Waals surface area contributed by atoms with Crippen molar-refractivity contribution in [2.75, 3.05) is 6.67 Å². The molecule has 0 aromatic heterocycles. The predicted octanol–water partition coefficient (Wildman–Crippen LogP) is 1.61. The Labute approximate surface area is 107 Å². The minimum absolute atomic E-state index is 0.483. The molecule has 0 saturated carbocycles. The van der Waals surface area contributed by atoms with Gasteiger partial charge >= 0.3 is 5.97 Å². The molecule has 0 aliphatic carbocycles. The molecule has 0 spiro atoms. The lowest BCUT2D eigenvalue weighted by Crippen LogP contribution is -2.44. The van der Waals surface area contributed by atoms with Crippen molar-refractivity contribution in [3.8, 4) is 0 Å². The molecule has 2 N–H and O–H groups in total. The van der Waals surface area contributed by atoms with Crippen molar-refractivity contribution in [3.05, 3.63) is 35.4 Å². The van der Waals surface area contributed by atoms with Crippen LogP contribution in [0.2, 0.25) is 0 Å². The lowest BCUT2D eigenvalue weighted by atomic mass is 9.98. The topological polar surface area (TPSA) is 66.4 Å². The Morgan fingerprint density at radius 3 is 2.26 bits per heavy atom. The van der Waals surface area contributed by atoms with Crippen molar-refractivity contribution in [2.45, 2.75) is 18.9 Å². The van der Waals surface area contributed by atoms with E-state index in [2.05, 4.69) is 0 Å². The summed E-state index contributed by atoms with van der Waals surface area (Å²) in [5.41, 5.74) is -0.483. The molecule has 2 atom stereocenters. The maximum Gasteiger partial charge on any atom is 0.328 e. The van der Waals surface area contributed by atoms with Gasteiger partial charge in [-0.2, -0.15) is 0 Å². The Hall–Kier alpha value is -2.05. The number of alkyl halides is 1. The lowest BCUT2D eigenvalue weighted by molar-refractivity contribution is -0.142. The minimum atomic E-state index is -1.73. The number of benzene rings is 1. The van der Waals surface area contributed by atoms with Gasteiger partial charge in [0, 0.05) is 5.56 Å². The van der Waals surface area contributed by atoms with Gasteiger partial charge in [-0.3, -0.25) is 4.79 Å². The highest BCUT2D eigenvalue weighted by molar-refractivity contribution is 5.87. The van der Waals surface area contributed by atoms with E-state index in [1.165, 1.54) is 6.92 Å². The number of carboxylic acid groups (broad SMARTS) is 1. The lowest BCUT2D eigenvalue weighted by Gasteiger charge is -2.16. The van der Waals surface area contributed by atoms with E-state index in [1.54, 1.807) is 0 Å². The molecule has 1 rings (SSSR count). The van der Waals surface area contributed by atoms with Crippen molar-refractivity contribution in [2.24, 2.45) is 0 Å². The van der Waals surface area contributed by atoms with Gasteiger partial charge in [0.2, 0.25) is 5.91 Å². The summed E-state index contributed by atoms with van der Waals surface area (Å²) >= 11 is 0. The van der Waals surface area contributed by atoms with Crippen molar-refractivity contribution in [1.29, 1.82) is 0 Å². The first-order chi connectivity index (χ1) is 8.88. The Bertz CT molecular complexity index is 473. The predicted molar refractivity (Wildman–Crippen MR) is 60.3 cm³/mol. The molecular formula is C12H12F3NO3. The summed E-state index contributed by atoms with van der Waals surface area (Å²) in [7, 11) is 0. The molecule has 2 unspecified atom stereocenters. The monoisotopic (exact) mass is 275 g/mol. The zero-order valence-electron chi connectivity index (χ0n) is 9.99. The van der Waals surface area contributed by atoms with E-state index in [9.17, 15) is 22.8 Å². The number of carboxylic acids is 1.